The van der Waals surface area contributed by atoms with Crippen molar-refractivity contribution < 1.29 is 4.42 Å². The molecule has 1 aliphatic rings. The van der Waals surface area contributed by atoms with Gasteiger partial charge in [-0.3, -0.25) is 4.90 Å². The van der Waals surface area contributed by atoms with E-state index in [2.05, 4.69) is 30.1 Å². The molecule has 1 aromatic rings. The van der Waals surface area contributed by atoms with Crippen molar-refractivity contribution in [3.05, 3.63) is 24.2 Å². The van der Waals surface area contributed by atoms with Gasteiger partial charge in [0.15, 0.2) is 0 Å². The molecule has 0 saturated carbocycles. The Balaban J connectivity index is 2.03. The minimum absolute atomic E-state index is 0.468. The molecule has 15 heavy (non-hydrogen) atoms. The first-order valence-electron chi connectivity index (χ1n) is 5.81. The van der Waals surface area contributed by atoms with Crippen LogP contribution in [-0.2, 0) is 0 Å². The molecular weight excluding hydrogens is 188 g/mol. The van der Waals surface area contributed by atoms with Crippen LogP contribution in [0.5, 0.6) is 0 Å². The Morgan fingerprint density at radius 2 is 2.40 bits per heavy atom. The van der Waals surface area contributed by atoms with Crippen LogP contribution in [0.2, 0.25) is 0 Å². The monoisotopic (exact) mass is 208 g/mol. The summed E-state index contributed by atoms with van der Waals surface area (Å²) in [5.74, 6) is 0. The van der Waals surface area contributed by atoms with Gasteiger partial charge in [0.25, 0.3) is 0 Å². The molecule has 0 spiro atoms. The van der Waals surface area contributed by atoms with Gasteiger partial charge in [-0.15, -0.1) is 0 Å². The lowest BCUT2D eigenvalue weighted by molar-refractivity contribution is 0.102. The normalized spacial score (nSPS) is 19.1. The van der Waals surface area contributed by atoms with Gasteiger partial charge in [-0.1, -0.05) is 6.92 Å². The summed E-state index contributed by atoms with van der Waals surface area (Å²) in [4.78, 5) is 2.57. The molecule has 1 unspecified atom stereocenters. The first-order valence-corrected chi connectivity index (χ1v) is 5.81. The topological polar surface area (TPSA) is 28.4 Å². The fraction of sp³-hybridized carbons (Fsp3) is 0.667. The van der Waals surface area contributed by atoms with Crippen molar-refractivity contribution in [2.45, 2.75) is 32.4 Å². The van der Waals surface area contributed by atoms with Gasteiger partial charge in [0.1, 0.15) is 0 Å². The second-order valence-corrected chi connectivity index (χ2v) is 4.28. The predicted molar refractivity (Wildman–Crippen MR) is 60.8 cm³/mol. The number of furan rings is 1. The van der Waals surface area contributed by atoms with Crippen molar-refractivity contribution in [1.29, 1.82) is 0 Å². The van der Waals surface area contributed by atoms with Crippen LogP contribution in [0.3, 0.4) is 0 Å². The van der Waals surface area contributed by atoms with Crippen molar-refractivity contribution in [3.63, 3.8) is 0 Å². The number of nitrogens with zero attached hydrogens (tertiary/aromatic N) is 1. The predicted octanol–water partition coefficient (Wildman–Crippen LogP) is 2.02. The second-order valence-electron chi connectivity index (χ2n) is 4.28. The maximum atomic E-state index is 5.15. The molecule has 0 radical (unpaired) electrons. The van der Waals surface area contributed by atoms with E-state index in [1.165, 1.54) is 18.5 Å². The van der Waals surface area contributed by atoms with Gasteiger partial charge < -0.3 is 9.73 Å². The summed E-state index contributed by atoms with van der Waals surface area (Å²) in [6, 6.07) is 3.24. The molecule has 1 aromatic heterocycles. The molecule has 3 heteroatoms. The third-order valence-electron chi connectivity index (χ3n) is 3.23. The Morgan fingerprint density at radius 3 is 2.87 bits per heavy atom. The van der Waals surface area contributed by atoms with Gasteiger partial charge in [-0.25, -0.2) is 0 Å². The lowest BCUT2D eigenvalue weighted by Crippen LogP contribution is -2.57. The third kappa shape index (κ3) is 2.24. The lowest BCUT2D eigenvalue weighted by Gasteiger charge is -2.41. The average molecular weight is 208 g/mol. The maximum absolute atomic E-state index is 5.15. The quantitative estimate of drug-likeness (QED) is 0.802. The highest BCUT2D eigenvalue weighted by Gasteiger charge is 2.28. The fourth-order valence-corrected chi connectivity index (χ4v) is 2.16. The summed E-state index contributed by atoms with van der Waals surface area (Å²) in [6.07, 6.45) is 4.83. The molecule has 0 aromatic carbocycles. The molecule has 0 bridgehead atoms. The van der Waals surface area contributed by atoms with Crippen LogP contribution in [0.25, 0.3) is 0 Å². The van der Waals surface area contributed by atoms with Crippen molar-refractivity contribution in [2.75, 3.05) is 19.6 Å². The van der Waals surface area contributed by atoms with Crippen LogP contribution in [0.1, 0.15) is 31.9 Å². The van der Waals surface area contributed by atoms with E-state index in [1.807, 2.05) is 6.26 Å². The Bertz CT molecular complexity index is 280. The van der Waals surface area contributed by atoms with Crippen LogP contribution in [0.15, 0.2) is 23.0 Å². The number of hydrogen-bond donors (Lipinski definition) is 1. The molecule has 2 heterocycles. The van der Waals surface area contributed by atoms with Crippen molar-refractivity contribution >= 4 is 0 Å². The van der Waals surface area contributed by atoms with Crippen molar-refractivity contribution in [2.24, 2.45) is 0 Å². The number of rotatable bonds is 5. The SMILES string of the molecule is CCCN(C1CNC1)C(C)c1ccoc1. The highest BCUT2D eigenvalue weighted by molar-refractivity contribution is 5.11. The Morgan fingerprint density at radius 1 is 1.60 bits per heavy atom. The van der Waals surface area contributed by atoms with E-state index in [0.29, 0.717) is 12.1 Å². The lowest BCUT2D eigenvalue weighted by atomic mass is 10.0. The highest BCUT2D eigenvalue weighted by atomic mass is 16.3. The first kappa shape index (κ1) is 10.7. The minimum atomic E-state index is 0.468. The van der Waals surface area contributed by atoms with Gasteiger partial charge in [-0.05, 0) is 26.0 Å². The smallest absolute Gasteiger partial charge is 0.0950 e. The molecule has 0 amide bonds. The van der Waals surface area contributed by atoms with E-state index in [0.717, 1.165) is 13.1 Å². The standard InChI is InChI=1S/C12H20N2O/c1-3-5-14(12-7-13-8-12)10(2)11-4-6-15-9-11/h4,6,9-10,12-13H,3,5,7-8H2,1-2H3. The van der Waals surface area contributed by atoms with Crippen LogP contribution in [-0.4, -0.2) is 30.6 Å². The fourth-order valence-electron chi connectivity index (χ4n) is 2.16. The van der Waals surface area contributed by atoms with Gasteiger partial charge in [0, 0.05) is 30.7 Å². The zero-order valence-electron chi connectivity index (χ0n) is 9.57. The van der Waals surface area contributed by atoms with Gasteiger partial charge in [0.05, 0.1) is 12.5 Å². The van der Waals surface area contributed by atoms with Crippen molar-refractivity contribution in [1.82, 2.24) is 10.2 Å². The molecule has 1 fully saturated rings. The molecule has 1 saturated heterocycles. The molecule has 84 valence electrons. The van der Waals surface area contributed by atoms with Crippen LogP contribution < -0.4 is 5.32 Å². The third-order valence-corrected chi connectivity index (χ3v) is 3.23. The van der Waals surface area contributed by atoms with E-state index >= 15 is 0 Å². The number of hydrogen-bond acceptors (Lipinski definition) is 3. The maximum Gasteiger partial charge on any atom is 0.0950 e. The summed E-state index contributed by atoms with van der Waals surface area (Å²) in [5, 5.41) is 3.34. The summed E-state index contributed by atoms with van der Waals surface area (Å²) in [7, 11) is 0. The van der Waals surface area contributed by atoms with Gasteiger partial charge in [-0.2, -0.15) is 0 Å². The summed E-state index contributed by atoms with van der Waals surface area (Å²) in [6.45, 7) is 7.92. The molecule has 0 aliphatic carbocycles. The Labute approximate surface area is 91.4 Å². The van der Waals surface area contributed by atoms with Crippen LogP contribution in [0.4, 0.5) is 0 Å². The molecular formula is C12H20N2O. The summed E-state index contributed by atoms with van der Waals surface area (Å²) < 4.78 is 5.15. The first-order chi connectivity index (χ1) is 7.33. The zero-order chi connectivity index (χ0) is 10.7. The summed E-state index contributed by atoms with van der Waals surface area (Å²) >= 11 is 0. The largest absolute Gasteiger partial charge is 0.472 e. The zero-order valence-corrected chi connectivity index (χ0v) is 9.57. The van der Waals surface area contributed by atoms with E-state index < -0.39 is 0 Å². The number of nitrogens with one attached hydrogen (secondary N) is 1. The summed E-state index contributed by atoms with van der Waals surface area (Å²) in [5.41, 5.74) is 1.29. The molecule has 2 rings (SSSR count). The van der Waals surface area contributed by atoms with E-state index in [-0.39, 0.29) is 0 Å². The molecule has 1 atom stereocenters. The Kier molecular flexibility index (Phi) is 3.44. The molecule has 1 aliphatic heterocycles. The average Bonchev–Trinajstić information content (AvgIpc) is 2.66. The Hall–Kier alpha value is -0.800. The highest BCUT2D eigenvalue weighted by Crippen LogP contribution is 2.24. The van der Waals surface area contributed by atoms with E-state index in [1.54, 1.807) is 6.26 Å². The molecule has 3 nitrogen and oxygen atoms in total. The van der Waals surface area contributed by atoms with Gasteiger partial charge >= 0.3 is 0 Å². The van der Waals surface area contributed by atoms with Crippen molar-refractivity contribution in [3.8, 4) is 0 Å². The second kappa shape index (κ2) is 4.81. The van der Waals surface area contributed by atoms with Crippen LogP contribution in [0, 0.1) is 0 Å². The van der Waals surface area contributed by atoms with E-state index in [4.69, 9.17) is 4.42 Å². The van der Waals surface area contributed by atoms with Gasteiger partial charge in [0.2, 0.25) is 0 Å². The van der Waals surface area contributed by atoms with E-state index in [9.17, 15) is 0 Å². The van der Waals surface area contributed by atoms with Crippen LogP contribution >= 0.6 is 0 Å². The molecule has 1 N–H and O–H groups in total. The minimum Gasteiger partial charge on any atom is -0.472 e.